The topological polar surface area (TPSA) is 20.2 Å². The molecule has 0 aliphatic heterocycles. The average Bonchev–Trinajstić information content (AvgIpc) is 1.75. The van der Waals surface area contributed by atoms with Gasteiger partial charge in [0.25, 0.3) is 0 Å². The first kappa shape index (κ1) is 1.62. The summed E-state index contributed by atoms with van der Waals surface area (Å²) in [7, 11) is 0. The van der Waals surface area contributed by atoms with Gasteiger partial charge in [-0.25, -0.2) is 0 Å². The second-order valence-electron chi connectivity index (χ2n) is 0.674. The minimum absolute atomic E-state index is 0.292. The van der Waals surface area contributed by atoms with E-state index in [2.05, 4.69) is 5.73 Å². The van der Waals surface area contributed by atoms with Crippen molar-refractivity contribution in [3.63, 3.8) is 0 Å². The van der Waals surface area contributed by atoms with Gasteiger partial charge in [0, 0.05) is 6.08 Å². The summed E-state index contributed by atoms with van der Waals surface area (Å²) in [6, 6.07) is 0. The van der Waals surface area contributed by atoms with Gasteiger partial charge in [0.05, 0.1) is 0 Å². The Bertz CT molecular complexity index is 85.5. The molecule has 0 fully saturated rings. The van der Waals surface area contributed by atoms with Crippen molar-refractivity contribution in [1.29, 1.82) is 0 Å². The molecule has 4 heavy (non-hydrogen) atoms. The molecule has 1 aliphatic rings. The molecule has 0 bridgehead atoms. The molecule has 1 heteroatoms. The van der Waals surface area contributed by atoms with Crippen LogP contribution in [-0.4, -0.2) is 5.11 Å². The summed E-state index contributed by atoms with van der Waals surface area (Å²) in [4.78, 5) is 0. The molecule has 0 unspecified atom stereocenters. The Morgan fingerprint density at radius 3 is 2.25 bits per heavy atom. The summed E-state index contributed by atoms with van der Waals surface area (Å²) in [5.41, 5.74) is 2.44. The highest BCUT2D eigenvalue weighted by Gasteiger charge is 1.86. The van der Waals surface area contributed by atoms with Gasteiger partial charge in [-0.1, -0.05) is 5.73 Å². The average molecular weight is 54.0 g/mol. The van der Waals surface area contributed by atoms with Gasteiger partial charge in [0.15, 0.2) is 5.76 Å². The van der Waals surface area contributed by atoms with Gasteiger partial charge in [-0.2, -0.15) is 0 Å². The summed E-state index contributed by atoms with van der Waals surface area (Å²) >= 11 is 0. The molecule has 1 rings (SSSR count). The zero-order valence-corrected chi connectivity index (χ0v) is 2.02. The highest BCUT2D eigenvalue weighted by atomic mass is 16.3. The summed E-state index contributed by atoms with van der Waals surface area (Å²) in [6.07, 6.45) is 1.51. The molecular weight excluding hydrogens is 52.0 g/mol. The van der Waals surface area contributed by atoms with Gasteiger partial charge < -0.3 is 5.11 Å². The van der Waals surface area contributed by atoms with Crippen LogP contribution in [0.25, 0.3) is 0 Å². The van der Waals surface area contributed by atoms with Crippen LogP contribution in [0.2, 0.25) is 0 Å². The van der Waals surface area contributed by atoms with Crippen molar-refractivity contribution in [2.45, 2.75) is 0 Å². The van der Waals surface area contributed by atoms with Crippen LogP contribution in [0.15, 0.2) is 17.6 Å². The van der Waals surface area contributed by atoms with E-state index in [-0.39, 0.29) is 0 Å². The minimum atomic E-state index is 0.292. The zero-order valence-electron chi connectivity index (χ0n) is 2.02. The Balaban J connectivity index is 2.75. The molecule has 0 aromatic heterocycles. The molecule has 1 nitrogen and oxygen atoms in total. The largest absolute Gasteiger partial charge is 0.501 e. The van der Waals surface area contributed by atoms with E-state index in [4.69, 9.17) is 5.11 Å². The van der Waals surface area contributed by atoms with E-state index in [0.29, 0.717) is 5.76 Å². The fourth-order valence-electron chi connectivity index (χ4n) is 0.0323. The van der Waals surface area contributed by atoms with Crippen molar-refractivity contribution in [3.05, 3.63) is 17.6 Å². The van der Waals surface area contributed by atoms with Crippen molar-refractivity contribution in [2.75, 3.05) is 0 Å². The molecule has 20 valence electrons. The highest BCUT2D eigenvalue weighted by molar-refractivity contribution is 5.22. The smallest absolute Gasteiger partial charge is 0.167 e. The number of rotatable bonds is 0. The molecule has 0 saturated heterocycles. The van der Waals surface area contributed by atoms with Gasteiger partial charge in [-0.05, 0) is 0 Å². The molecule has 0 amide bonds. The quantitative estimate of drug-likeness (QED) is 0.401. The van der Waals surface area contributed by atoms with Crippen molar-refractivity contribution < 1.29 is 5.11 Å². The summed E-state index contributed by atoms with van der Waals surface area (Å²) in [5, 5.41) is 7.92. The van der Waals surface area contributed by atoms with Crippen LogP contribution in [0.5, 0.6) is 0 Å². The predicted octanol–water partition coefficient (Wildman–Crippen LogP) is 0.597. The molecule has 0 radical (unpaired) electrons. The second kappa shape index (κ2) is 0.217. The number of hydrogen-bond acceptors (Lipinski definition) is 1. The van der Waals surface area contributed by atoms with E-state index in [9.17, 15) is 0 Å². The van der Waals surface area contributed by atoms with Crippen LogP contribution >= 0.6 is 0 Å². The Morgan fingerprint density at radius 1 is 2.00 bits per heavy atom. The number of aliphatic hydroxyl groups is 1. The van der Waals surface area contributed by atoms with Gasteiger partial charge >= 0.3 is 0 Å². The fraction of sp³-hybridized carbons (Fsp3) is 0. The zero-order chi connectivity index (χ0) is 2.99. The van der Waals surface area contributed by atoms with Crippen molar-refractivity contribution in [2.24, 2.45) is 0 Å². The van der Waals surface area contributed by atoms with Crippen LogP contribution in [-0.2, 0) is 0 Å². The van der Waals surface area contributed by atoms with Crippen LogP contribution in [0.1, 0.15) is 0 Å². The molecule has 0 aromatic carbocycles. The fourth-order valence-corrected chi connectivity index (χ4v) is 0.0323. The Labute approximate surface area is 23.9 Å². The first-order chi connectivity index (χ1) is 1.89. The predicted molar refractivity (Wildman–Crippen MR) is 14.2 cm³/mol. The van der Waals surface area contributed by atoms with Crippen molar-refractivity contribution >= 4 is 0 Å². The molecule has 1 N–H and O–H groups in total. The van der Waals surface area contributed by atoms with Crippen molar-refractivity contribution in [1.82, 2.24) is 0 Å². The van der Waals surface area contributed by atoms with Crippen LogP contribution in [0.3, 0.4) is 0 Å². The van der Waals surface area contributed by atoms with E-state index < -0.39 is 0 Å². The third-order valence-electron chi connectivity index (χ3n) is 0.273. The van der Waals surface area contributed by atoms with Crippen LogP contribution in [0, 0.1) is 0 Å². The second-order valence-corrected chi connectivity index (χ2v) is 0.674. The number of hydrogen-bond donors (Lipinski definition) is 1. The van der Waals surface area contributed by atoms with Crippen LogP contribution < -0.4 is 0 Å². The Kier molecular flexibility index (Phi) is 0.0878. The molecule has 0 heterocycles. The van der Waals surface area contributed by atoms with E-state index in [0.717, 1.165) is 0 Å². The highest BCUT2D eigenvalue weighted by Crippen LogP contribution is 1.95. The number of aliphatic hydroxyl groups excluding tert-OH is 1. The molecule has 0 aromatic rings. The lowest BCUT2D eigenvalue weighted by molar-refractivity contribution is 0.448. The summed E-state index contributed by atoms with van der Waals surface area (Å²) in [6.45, 7) is 0. The molecule has 0 spiro atoms. The lowest BCUT2D eigenvalue weighted by atomic mass is 10.9. The maximum atomic E-state index is 7.92. The van der Waals surface area contributed by atoms with Crippen molar-refractivity contribution in [3.8, 4) is 0 Å². The van der Waals surface area contributed by atoms with Gasteiger partial charge in [-0.15, -0.1) is 0 Å². The monoisotopic (exact) mass is 54.0 g/mol. The third kappa shape index (κ3) is 0.0251. The first-order valence-electron chi connectivity index (χ1n) is 1.05. The van der Waals surface area contributed by atoms with Gasteiger partial charge in [0.2, 0.25) is 0 Å². The van der Waals surface area contributed by atoms with Gasteiger partial charge in [0.1, 0.15) is 0 Å². The van der Waals surface area contributed by atoms with E-state index >= 15 is 0 Å². The van der Waals surface area contributed by atoms with E-state index in [1.165, 1.54) is 6.08 Å². The first-order valence-corrected chi connectivity index (χ1v) is 1.05. The maximum Gasteiger partial charge on any atom is 0.167 e. The lowest BCUT2D eigenvalue weighted by Crippen LogP contribution is -1.42. The standard InChI is InChI=1S/C3H2O/c4-3-1-2-3/h1,4H. The van der Waals surface area contributed by atoms with Crippen LogP contribution in [0.4, 0.5) is 0 Å². The summed E-state index contributed by atoms with van der Waals surface area (Å²) < 4.78 is 0. The SMILES string of the molecule is OC1=C=C1. The molecular formula is C3H2O. The Hall–Kier alpha value is -0.680. The molecule has 1 aliphatic carbocycles. The van der Waals surface area contributed by atoms with E-state index in [1.54, 1.807) is 0 Å². The lowest BCUT2D eigenvalue weighted by Gasteiger charge is -1.52. The molecule has 0 saturated carbocycles. The molecule has 0 atom stereocenters. The minimum Gasteiger partial charge on any atom is -0.501 e. The Morgan fingerprint density at radius 2 is 2.25 bits per heavy atom. The third-order valence-corrected chi connectivity index (χ3v) is 0.273. The maximum absolute atomic E-state index is 7.92. The van der Waals surface area contributed by atoms with Gasteiger partial charge in [-0.3, -0.25) is 0 Å². The summed E-state index contributed by atoms with van der Waals surface area (Å²) in [5.74, 6) is 0.292. The normalized spacial score (nSPS) is 15.5. The van der Waals surface area contributed by atoms with E-state index in [1.807, 2.05) is 0 Å².